The van der Waals surface area contributed by atoms with Gasteiger partial charge in [-0.2, -0.15) is 8.42 Å². The largest absolute Gasteiger partial charge is 0.492 e. The van der Waals surface area contributed by atoms with Crippen LogP contribution in [0.2, 0.25) is 0 Å². The monoisotopic (exact) mass is 1090 g/mol. The van der Waals surface area contributed by atoms with Crippen molar-refractivity contribution in [2.45, 2.75) is 56.8 Å². The Morgan fingerprint density at radius 1 is 0.701 bits per heavy atom. The quantitative estimate of drug-likeness (QED) is 0.0214. The number of allylic oxidation sites excluding steroid dienone is 3. The molecule has 1 aromatic heterocycles. The van der Waals surface area contributed by atoms with E-state index < -0.39 is 33.3 Å². The number of ether oxygens (including phenoxy) is 8. The molecule has 0 spiro atoms. The maximum atomic E-state index is 12.5. The van der Waals surface area contributed by atoms with Gasteiger partial charge >= 0.3 is 5.97 Å². The van der Waals surface area contributed by atoms with Crippen LogP contribution in [0.1, 0.15) is 56.4 Å². The number of methoxy groups -OCH3 is 2. The first-order valence-electron chi connectivity index (χ1n) is 26.0. The third-order valence-corrected chi connectivity index (χ3v) is 13.8. The van der Waals surface area contributed by atoms with Gasteiger partial charge < -0.3 is 62.3 Å². The summed E-state index contributed by atoms with van der Waals surface area (Å²) in [6.45, 7) is 14.3. The van der Waals surface area contributed by atoms with Crippen LogP contribution in [-0.2, 0) is 58.2 Å². The van der Waals surface area contributed by atoms with Crippen LogP contribution in [0.3, 0.4) is 0 Å². The molecule has 0 unspecified atom stereocenters. The van der Waals surface area contributed by atoms with Gasteiger partial charge in [0.15, 0.2) is 13.1 Å². The van der Waals surface area contributed by atoms with Crippen molar-refractivity contribution in [2.24, 2.45) is 0 Å². The zero-order valence-corrected chi connectivity index (χ0v) is 45.8. The second-order valence-corrected chi connectivity index (χ2v) is 20.0. The minimum Gasteiger partial charge on any atom is -0.492 e. The molecule has 3 heterocycles. The second kappa shape index (κ2) is 30.9. The molecule has 2 aliphatic heterocycles. The predicted octanol–water partition coefficient (Wildman–Crippen LogP) is 6.89. The molecule has 2 aromatic carbocycles. The van der Waals surface area contributed by atoms with Gasteiger partial charge in [-0.15, -0.1) is 4.73 Å². The van der Waals surface area contributed by atoms with Crippen molar-refractivity contribution in [3.05, 3.63) is 119 Å². The van der Waals surface area contributed by atoms with Crippen LogP contribution in [0.4, 0.5) is 5.69 Å². The molecule has 19 nitrogen and oxygen atoms in total. The zero-order chi connectivity index (χ0) is 55.0. The summed E-state index contributed by atoms with van der Waals surface area (Å²) in [5, 5.41) is 20.7. The normalized spacial score (nSPS) is 13.8. The van der Waals surface area contributed by atoms with Crippen molar-refractivity contribution in [3.8, 4) is 34.2 Å². The summed E-state index contributed by atoms with van der Waals surface area (Å²) in [6, 6.07) is 23.5. The number of aromatic nitrogens is 1. The standard InChI is InChI=1S/C57H75N3O16S/c1-43-50(15-12-16-52-57(2,3)48-42-46(77(64,65)66)19-21-49(48)59(52)24-11-7-10-17-55(63)76-60-53(61)22-23-54(60)62)75-51-41-45(18-20-47(51)56(43)44-13-8-6-9-14-44)58(25-27-69-33-35-73-39-37-71-31-29-67-4)26-28-70-34-36-74-40-38-72-32-30-68-5/h6,8-9,12-16,18-23,41-42H,7,10-11,17,24-40H2,1-5H3,(H2-,61,62,64,65,66)/p+1. The van der Waals surface area contributed by atoms with Gasteiger partial charge in [0.05, 0.1) is 90.2 Å². The fourth-order valence-electron chi connectivity index (χ4n) is 8.88. The van der Waals surface area contributed by atoms with Gasteiger partial charge in [0.25, 0.3) is 10.1 Å². The molecular weight excluding hydrogens is 1010 g/mol. The molecule has 77 heavy (non-hydrogen) atoms. The Bertz CT molecular complexity index is 2790. The van der Waals surface area contributed by atoms with Gasteiger partial charge in [-0.25, -0.2) is 9.37 Å². The average Bonchev–Trinajstić information content (AvgIpc) is 3.90. The maximum absolute atomic E-state index is 12.5. The Kier molecular flexibility index (Phi) is 24.2. The van der Waals surface area contributed by atoms with Crippen molar-refractivity contribution < 1.29 is 75.1 Å². The molecule has 0 radical (unpaired) electrons. The molecule has 0 fully saturated rings. The third kappa shape index (κ3) is 17.8. The number of aromatic hydroxyl groups is 2. The Balaban J connectivity index is 1.25. The van der Waals surface area contributed by atoms with E-state index in [0.29, 0.717) is 148 Å². The van der Waals surface area contributed by atoms with Crippen molar-refractivity contribution >= 4 is 27.9 Å². The van der Waals surface area contributed by atoms with Gasteiger partial charge in [0, 0.05) is 73.3 Å². The number of anilines is 1. The van der Waals surface area contributed by atoms with Crippen LogP contribution in [0, 0.1) is 6.92 Å². The van der Waals surface area contributed by atoms with Crippen LogP contribution in [0.25, 0.3) is 28.5 Å². The molecule has 420 valence electrons. The Morgan fingerprint density at radius 3 is 1.84 bits per heavy atom. The molecule has 0 amide bonds. The van der Waals surface area contributed by atoms with Crippen LogP contribution in [-0.4, -0.2) is 160 Å². The minimum absolute atomic E-state index is 0.0527. The van der Waals surface area contributed by atoms with E-state index in [0.717, 1.165) is 44.6 Å². The average molecular weight is 1090 g/mol. The summed E-state index contributed by atoms with van der Waals surface area (Å²) in [7, 11) is -1.21. The lowest BCUT2D eigenvalue weighted by Gasteiger charge is -2.27. The van der Waals surface area contributed by atoms with Gasteiger partial charge in [0.1, 0.15) is 24.7 Å². The second-order valence-electron chi connectivity index (χ2n) is 18.6. The summed E-state index contributed by atoms with van der Waals surface area (Å²) < 4.78 is 88.9. The van der Waals surface area contributed by atoms with Crippen molar-refractivity contribution in [3.63, 3.8) is 0 Å². The Morgan fingerprint density at radius 2 is 1.27 bits per heavy atom. The molecule has 3 aromatic rings. The number of benzene rings is 3. The predicted molar refractivity (Wildman–Crippen MR) is 291 cm³/mol. The van der Waals surface area contributed by atoms with Crippen LogP contribution < -0.4 is 19.7 Å². The third-order valence-electron chi connectivity index (χ3n) is 12.9. The smallest absolute Gasteiger partial charge is 0.333 e. The highest BCUT2D eigenvalue weighted by Crippen LogP contribution is 2.49. The molecule has 0 saturated heterocycles. The van der Waals surface area contributed by atoms with Gasteiger partial charge in [0.2, 0.25) is 17.1 Å². The van der Waals surface area contributed by atoms with Crippen molar-refractivity contribution in [2.75, 3.05) is 131 Å². The molecule has 6 rings (SSSR count). The number of carbonyl (C=O) groups is 1. The molecule has 3 N–H and O–H groups in total. The molecule has 0 saturated carbocycles. The zero-order valence-electron chi connectivity index (χ0n) is 45.0. The van der Waals surface area contributed by atoms with Gasteiger partial charge in [-0.3, -0.25) is 4.55 Å². The number of unbranched alkanes of at least 4 members (excludes halogenated alkanes) is 2. The first-order chi connectivity index (χ1) is 37.2. The lowest BCUT2D eigenvalue weighted by Crippen LogP contribution is -2.36. The summed E-state index contributed by atoms with van der Waals surface area (Å²) in [6.07, 6.45) is 7.70. The highest BCUT2D eigenvalue weighted by atomic mass is 32.2. The molecule has 1 aliphatic carbocycles. The van der Waals surface area contributed by atoms with E-state index in [-0.39, 0.29) is 11.3 Å². The van der Waals surface area contributed by atoms with Crippen molar-refractivity contribution in [1.82, 2.24) is 9.31 Å². The molecule has 0 atom stereocenters. The summed E-state index contributed by atoms with van der Waals surface area (Å²) in [4.78, 5) is 19.6. The van der Waals surface area contributed by atoms with Gasteiger partial charge in [-0.1, -0.05) is 56.7 Å². The fourth-order valence-corrected chi connectivity index (χ4v) is 9.39. The van der Waals surface area contributed by atoms with E-state index in [1.54, 1.807) is 20.3 Å². The number of fused-ring (bicyclic) bond motifs is 2. The van der Waals surface area contributed by atoms with E-state index in [2.05, 4.69) is 39.8 Å². The number of rotatable bonds is 35. The van der Waals surface area contributed by atoms with E-state index in [1.165, 1.54) is 24.3 Å². The lowest BCUT2D eigenvalue weighted by atomic mass is 9.83. The minimum atomic E-state index is -4.48. The van der Waals surface area contributed by atoms with Crippen LogP contribution in [0.15, 0.2) is 106 Å². The summed E-state index contributed by atoms with van der Waals surface area (Å²) in [5.41, 5.74) is 5.64. The van der Waals surface area contributed by atoms with E-state index in [4.69, 9.17) is 47.1 Å². The SMILES string of the molecule is COCCOCCOCCOCC[N+](CCOCCOCCOCCOC)=c1ccc2c(-c3ccccc3)c(C)c(C=CC=C3N(CCCCCC(=O)On4c(O)ccc4O)c4ccc(S(=O)(=O)O)cc4C3(C)C)oc-2c1. The van der Waals surface area contributed by atoms with E-state index >= 15 is 0 Å². The van der Waals surface area contributed by atoms with Crippen LogP contribution >= 0.6 is 0 Å². The number of hydrogen-bond donors (Lipinski definition) is 3. The maximum Gasteiger partial charge on any atom is 0.333 e. The Labute approximate surface area is 451 Å². The molecule has 0 bridgehead atoms. The van der Waals surface area contributed by atoms with E-state index in [9.17, 15) is 28.0 Å². The number of hydrogen-bond acceptors (Lipinski definition) is 16. The summed E-state index contributed by atoms with van der Waals surface area (Å²) in [5.74, 6) is -0.0876. The first kappa shape index (κ1) is 60.3. The molecule has 20 heteroatoms. The highest BCUT2D eigenvalue weighted by Gasteiger charge is 2.40. The van der Waals surface area contributed by atoms with Gasteiger partial charge in [-0.05, 0) is 72.9 Å². The summed E-state index contributed by atoms with van der Waals surface area (Å²) >= 11 is 0. The molecule has 3 aliphatic rings. The molecular formula is C57H76N3O16S+. The highest BCUT2D eigenvalue weighted by molar-refractivity contribution is 7.85. The Hall–Kier alpha value is -5.91. The van der Waals surface area contributed by atoms with Crippen molar-refractivity contribution in [1.29, 1.82) is 0 Å². The lowest BCUT2D eigenvalue weighted by molar-refractivity contribution is -0.145. The number of nitrogens with zero attached hydrogens (tertiary/aromatic N) is 3. The van der Waals surface area contributed by atoms with E-state index in [1.807, 2.05) is 57.2 Å². The fraction of sp³-hybridized carbons (Fsp3) is 0.474. The first-order valence-corrected chi connectivity index (χ1v) is 27.4. The topological polar surface area (TPSA) is 219 Å². The number of carbonyl (C=O) groups excluding carboxylic acids is 1. The van der Waals surface area contributed by atoms with Crippen LogP contribution in [0.5, 0.6) is 11.8 Å².